The Bertz CT molecular complexity index is 422. The fourth-order valence-corrected chi connectivity index (χ4v) is 1.61. The number of ether oxygens (including phenoxy) is 1. The van der Waals surface area contributed by atoms with Crippen LogP contribution in [0.5, 0.6) is 5.75 Å². The van der Waals surface area contributed by atoms with Crippen LogP contribution in [0.3, 0.4) is 0 Å². The highest BCUT2D eigenvalue weighted by Gasteiger charge is 2.27. The maximum atomic E-state index is 13.1. The van der Waals surface area contributed by atoms with E-state index in [9.17, 15) is 14.5 Å². The minimum atomic E-state index is -0.667. The Labute approximate surface area is 84.8 Å². The molecule has 1 atom stereocenters. The van der Waals surface area contributed by atoms with Crippen molar-refractivity contribution in [2.24, 2.45) is 5.73 Å². The van der Waals surface area contributed by atoms with Crippen LogP contribution in [-0.2, 0) is 0 Å². The topological polar surface area (TPSA) is 78.4 Å². The van der Waals surface area contributed by atoms with Crippen LogP contribution in [0.2, 0.25) is 0 Å². The molecule has 1 heterocycles. The summed E-state index contributed by atoms with van der Waals surface area (Å²) in [6.45, 7) is 0.320. The van der Waals surface area contributed by atoms with E-state index in [1.165, 1.54) is 6.07 Å². The first-order valence-corrected chi connectivity index (χ1v) is 4.46. The summed E-state index contributed by atoms with van der Waals surface area (Å²) in [5.74, 6) is -0.568. The van der Waals surface area contributed by atoms with E-state index >= 15 is 0 Å². The quantitative estimate of drug-likeness (QED) is 0.565. The largest absolute Gasteiger partial charge is 0.487 e. The molecular formula is C9H9FN2O3. The van der Waals surface area contributed by atoms with Gasteiger partial charge in [-0.15, -0.1) is 0 Å². The molecule has 0 fully saturated rings. The van der Waals surface area contributed by atoms with Gasteiger partial charge in [0.25, 0.3) is 0 Å². The zero-order valence-corrected chi connectivity index (χ0v) is 7.77. The first-order chi connectivity index (χ1) is 7.09. The van der Waals surface area contributed by atoms with E-state index in [1.807, 2.05) is 0 Å². The number of rotatable bonds is 1. The first-order valence-electron chi connectivity index (χ1n) is 4.46. The van der Waals surface area contributed by atoms with E-state index < -0.39 is 16.8 Å². The normalized spacial score (nSPS) is 19.2. The lowest BCUT2D eigenvalue weighted by Crippen LogP contribution is -2.21. The smallest absolute Gasteiger partial charge is 0.314 e. The number of halogens is 1. The van der Waals surface area contributed by atoms with Crippen LogP contribution < -0.4 is 10.5 Å². The van der Waals surface area contributed by atoms with Crippen molar-refractivity contribution in [1.29, 1.82) is 0 Å². The molecule has 0 saturated carbocycles. The average molecular weight is 212 g/mol. The summed E-state index contributed by atoms with van der Waals surface area (Å²) in [4.78, 5) is 9.98. The molecule has 0 spiro atoms. The number of nitrogens with two attached hydrogens (primary N) is 1. The molecule has 15 heavy (non-hydrogen) atoms. The molecule has 0 aromatic heterocycles. The molecule has 5 nitrogen and oxygen atoms in total. The number of hydrogen-bond donors (Lipinski definition) is 1. The van der Waals surface area contributed by atoms with Gasteiger partial charge in [-0.1, -0.05) is 0 Å². The number of nitro groups is 1. The van der Waals surface area contributed by atoms with Crippen LogP contribution >= 0.6 is 0 Å². The van der Waals surface area contributed by atoms with E-state index in [4.69, 9.17) is 10.5 Å². The van der Waals surface area contributed by atoms with Gasteiger partial charge in [0.1, 0.15) is 5.82 Å². The molecular weight excluding hydrogens is 203 g/mol. The van der Waals surface area contributed by atoms with E-state index in [0.717, 1.165) is 6.07 Å². The highest BCUT2D eigenvalue weighted by Crippen LogP contribution is 2.38. The monoisotopic (exact) mass is 212 g/mol. The summed E-state index contributed by atoms with van der Waals surface area (Å²) >= 11 is 0. The molecule has 0 bridgehead atoms. The Kier molecular flexibility index (Phi) is 2.28. The maximum Gasteiger partial charge on any atom is 0.314 e. The predicted octanol–water partition coefficient (Wildman–Crippen LogP) is 1.52. The van der Waals surface area contributed by atoms with Gasteiger partial charge in [0.2, 0.25) is 5.75 Å². The Balaban J connectivity index is 2.62. The van der Waals surface area contributed by atoms with Crippen molar-refractivity contribution >= 4 is 5.69 Å². The molecule has 0 unspecified atom stereocenters. The van der Waals surface area contributed by atoms with Gasteiger partial charge in [-0.05, 0) is 6.07 Å². The molecule has 0 amide bonds. The number of nitro benzene ring substituents is 1. The van der Waals surface area contributed by atoms with Crippen molar-refractivity contribution in [3.8, 4) is 5.75 Å². The second-order valence-corrected chi connectivity index (χ2v) is 3.34. The van der Waals surface area contributed by atoms with Crippen LogP contribution in [0.1, 0.15) is 18.0 Å². The van der Waals surface area contributed by atoms with Crippen molar-refractivity contribution in [2.45, 2.75) is 12.5 Å². The molecule has 2 N–H and O–H groups in total. The molecule has 0 saturated heterocycles. The van der Waals surface area contributed by atoms with E-state index in [-0.39, 0.29) is 11.4 Å². The van der Waals surface area contributed by atoms with Crippen molar-refractivity contribution in [3.05, 3.63) is 33.6 Å². The summed E-state index contributed by atoms with van der Waals surface area (Å²) in [5.41, 5.74) is 5.72. The van der Waals surface area contributed by atoms with Gasteiger partial charge >= 0.3 is 5.69 Å². The van der Waals surface area contributed by atoms with E-state index in [0.29, 0.717) is 18.6 Å². The molecule has 1 aromatic rings. The zero-order chi connectivity index (χ0) is 11.0. The Morgan fingerprint density at radius 1 is 1.60 bits per heavy atom. The second-order valence-electron chi connectivity index (χ2n) is 3.34. The SMILES string of the molecule is N[C@H]1CCOc2c1cc(F)cc2[N+](=O)[O-]. The predicted molar refractivity (Wildman–Crippen MR) is 50.1 cm³/mol. The number of benzene rings is 1. The van der Waals surface area contributed by atoms with Crippen LogP contribution in [-0.4, -0.2) is 11.5 Å². The summed E-state index contributed by atoms with van der Waals surface area (Å²) in [6, 6.07) is 1.63. The highest BCUT2D eigenvalue weighted by atomic mass is 19.1. The van der Waals surface area contributed by atoms with Crippen molar-refractivity contribution in [3.63, 3.8) is 0 Å². The molecule has 1 aliphatic heterocycles. The fourth-order valence-electron chi connectivity index (χ4n) is 1.61. The minimum absolute atomic E-state index is 0.0974. The number of fused-ring (bicyclic) bond motifs is 1. The Morgan fingerprint density at radius 3 is 3.00 bits per heavy atom. The highest BCUT2D eigenvalue weighted by molar-refractivity contribution is 5.54. The fraction of sp³-hybridized carbons (Fsp3) is 0.333. The third kappa shape index (κ3) is 1.63. The molecule has 0 aliphatic carbocycles. The summed E-state index contributed by atoms with van der Waals surface area (Å²) in [5, 5.41) is 10.6. The van der Waals surface area contributed by atoms with Gasteiger partial charge in [-0.3, -0.25) is 10.1 Å². The first kappa shape index (κ1) is 9.85. The third-order valence-electron chi connectivity index (χ3n) is 2.33. The molecule has 80 valence electrons. The van der Waals surface area contributed by atoms with Crippen LogP contribution in [0, 0.1) is 15.9 Å². The molecule has 1 aliphatic rings. The lowest BCUT2D eigenvalue weighted by atomic mass is 10.0. The second kappa shape index (κ2) is 3.47. The van der Waals surface area contributed by atoms with Crippen molar-refractivity contribution in [2.75, 3.05) is 6.61 Å². The summed E-state index contributed by atoms with van der Waals surface area (Å²) in [6.07, 6.45) is 0.535. The maximum absolute atomic E-state index is 13.1. The molecule has 2 rings (SSSR count). The number of nitrogens with zero attached hydrogens (tertiary/aromatic N) is 1. The van der Waals surface area contributed by atoms with Gasteiger partial charge in [0.15, 0.2) is 0 Å². The standard InChI is InChI=1S/C9H9FN2O3/c10-5-3-6-7(11)1-2-15-9(6)8(4-5)12(13)14/h3-4,7H,1-2,11H2/t7-/m0/s1. The average Bonchev–Trinajstić information content (AvgIpc) is 2.18. The van der Waals surface area contributed by atoms with Gasteiger partial charge < -0.3 is 10.5 Å². The Morgan fingerprint density at radius 2 is 2.33 bits per heavy atom. The molecule has 1 aromatic carbocycles. The summed E-state index contributed by atoms with van der Waals surface area (Å²) in [7, 11) is 0. The zero-order valence-electron chi connectivity index (χ0n) is 7.77. The Hall–Kier alpha value is -1.69. The van der Waals surface area contributed by atoms with Gasteiger partial charge in [-0.25, -0.2) is 4.39 Å². The van der Waals surface area contributed by atoms with Gasteiger partial charge in [0, 0.05) is 18.0 Å². The molecule has 0 radical (unpaired) electrons. The van der Waals surface area contributed by atoms with E-state index in [2.05, 4.69) is 0 Å². The van der Waals surface area contributed by atoms with E-state index in [1.54, 1.807) is 0 Å². The van der Waals surface area contributed by atoms with Crippen LogP contribution in [0.4, 0.5) is 10.1 Å². The van der Waals surface area contributed by atoms with Crippen molar-refractivity contribution in [1.82, 2.24) is 0 Å². The lowest BCUT2D eigenvalue weighted by molar-refractivity contribution is -0.386. The summed E-state index contributed by atoms with van der Waals surface area (Å²) < 4.78 is 18.2. The van der Waals surface area contributed by atoms with Gasteiger partial charge in [0.05, 0.1) is 17.6 Å². The third-order valence-corrected chi connectivity index (χ3v) is 2.33. The van der Waals surface area contributed by atoms with Crippen LogP contribution in [0.15, 0.2) is 12.1 Å². The molecule has 6 heteroatoms. The van der Waals surface area contributed by atoms with Gasteiger partial charge in [-0.2, -0.15) is 0 Å². The van der Waals surface area contributed by atoms with Crippen LogP contribution in [0.25, 0.3) is 0 Å². The number of hydrogen-bond acceptors (Lipinski definition) is 4. The van der Waals surface area contributed by atoms with Crippen molar-refractivity contribution < 1.29 is 14.1 Å². The lowest BCUT2D eigenvalue weighted by Gasteiger charge is -2.22. The minimum Gasteiger partial charge on any atom is -0.487 e.